The predicted molar refractivity (Wildman–Crippen MR) is 118 cm³/mol. The third-order valence-electron chi connectivity index (χ3n) is 5.73. The molecule has 0 saturated carbocycles. The molecule has 0 aliphatic carbocycles. The van der Waals surface area contributed by atoms with Crippen LogP contribution in [0.4, 0.5) is 4.79 Å². The molecule has 1 saturated heterocycles. The molecule has 0 aromatic carbocycles. The monoisotopic (exact) mass is 411 g/mol. The second-order valence-corrected chi connectivity index (χ2v) is 8.38. The second-order valence-electron chi connectivity index (χ2n) is 8.38. The molecule has 0 N–H and O–H groups in total. The number of piperidine rings is 1. The minimum Gasteiger partial charge on any atom is -0.464 e. The van der Waals surface area contributed by atoms with Crippen molar-refractivity contribution >= 4 is 12.1 Å². The average molecular weight is 412 g/mol. The van der Waals surface area contributed by atoms with Crippen LogP contribution in [-0.2, 0) is 14.3 Å². The summed E-state index contributed by atoms with van der Waals surface area (Å²) < 4.78 is 10.9. The Morgan fingerprint density at radius 1 is 0.724 bits per heavy atom. The fourth-order valence-corrected chi connectivity index (χ4v) is 3.85. The number of carbonyl (C=O) groups is 2. The number of hydrogen-bond acceptors (Lipinski definition) is 4. The van der Waals surface area contributed by atoms with Gasteiger partial charge in [0.15, 0.2) is 0 Å². The van der Waals surface area contributed by atoms with Gasteiger partial charge in [0.1, 0.15) is 6.04 Å². The fourth-order valence-electron chi connectivity index (χ4n) is 3.85. The van der Waals surface area contributed by atoms with Gasteiger partial charge in [0.2, 0.25) is 0 Å². The van der Waals surface area contributed by atoms with Gasteiger partial charge in [-0.15, -0.1) is 0 Å². The highest BCUT2D eigenvalue weighted by molar-refractivity contribution is 5.81. The fraction of sp³-hybridized carbons (Fsp3) is 0.917. The minimum absolute atomic E-state index is 0.257. The summed E-state index contributed by atoms with van der Waals surface area (Å²) in [5.41, 5.74) is 0. The molecule has 5 heteroatoms. The highest BCUT2D eigenvalue weighted by atomic mass is 16.6. The lowest BCUT2D eigenvalue weighted by Gasteiger charge is -2.33. The third-order valence-corrected chi connectivity index (χ3v) is 5.73. The zero-order chi connectivity index (χ0) is 21.2. The van der Waals surface area contributed by atoms with Crippen LogP contribution in [-0.4, -0.2) is 42.8 Å². The molecule has 1 heterocycles. The number of likely N-dealkylation sites (tertiary alicyclic amines) is 1. The topological polar surface area (TPSA) is 55.8 Å². The van der Waals surface area contributed by atoms with Crippen LogP contribution in [0.5, 0.6) is 0 Å². The van der Waals surface area contributed by atoms with Crippen LogP contribution in [0.15, 0.2) is 0 Å². The standard InChI is InChI=1S/C24H45NO4/c1-3-5-7-9-11-13-16-20-28-23(26)22-18-14-15-19-25(22)24(27)29-21-17-12-10-8-6-4-2/h22H,3-21H2,1-2H3. The molecule has 0 bridgehead atoms. The first kappa shape index (κ1) is 25.8. The van der Waals surface area contributed by atoms with E-state index in [4.69, 9.17) is 9.47 Å². The molecule has 0 aromatic rings. The van der Waals surface area contributed by atoms with E-state index >= 15 is 0 Å². The lowest BCUT2D eigenvalue weighted by Crippen LogP contribution is -2.49. The van der Waals surface area contributed by atoms with Gasteiger partial charge in [-0.25, -0.2) is 9.59 Å². The SMILES string of the molecule is CCCCCCCCCOC(=O)C1CCCCN1C(=O)OCCCCCCCC. The Morgan fingerprint density at radius 3 is 1.83 bits per heavy atom. The van der Waals surface area contributed by atoms with Gasteiger partial charge >= 0.3 is 12.1 Å². The first-order valence-corrected chi connectivity index (χ1v) is 12.3. The van der Waals surface area contributed by atoms with Crippen LogP contribution in [0.2, 0.25) is 0 Å². The number of hydrogen-bond donors (Lipinski definition) is 0. The number of carbonyl (C=O) groups excluding carboxylic acids is 2. The molecule has 1 aliphatic rings. The first-order chi connectivity index (χ1) is 14.2. The summed E-state index contributed by atoms with van der Waals surface area (Å²) in [6, 6.07) is -0.467. The molecule has 1 rings (SSSR count). The van der Waals surface area contributed by atoms with E-state index in [1.54, 1.807) is 4.90 Å². The van der Waals surface area contributed by atoms with Gasteiger partial charge in [0, 0.05) is 6.54 Å². The largest absolute Gasteiger partial charge is 0.464 e. The Kier molecular flexibility index (Phi) is 15.6. The van der Waals surface area contributed by atoms with Crippen LogP contribution >= 0.6 is 0 Å². The molecule has 1 aliphatic heterocycles. The van der Waals surface area contributed by atoms with Gasteiger partial charge < -0.3 is 9.47 Å². The number of amides is 1. The van der Waals surface area contributed by atoms with Gasteiger partial charge in [0.25, 0.3) is 0 Å². The number of esters is 1. The van der Waals surface area contributed by atoms with Crippen molar-refractivity contribution in [1.82, 2.24) is 4.90 Å². The zero-order valence-corrected chi connectivity index (χ0v) is 19.1. The Labute approximate surface area is 178 Å². The van der Waals surface area contributed by atoms with Gasteiger partial charge in [0.05, 0.1) is 13.2 Å². The third kappa shape index (κ3) is 12.1. The summed E-state index contributed by atoms with van der Waals surface area (Å²) in [6.07, 6.45) is 17.5. The van der Waals surface area contributed by atoms with E-state index in [0.29, 0.717) is 26.2 Å². The summed E-state index contributed by atoms with van der Waals surface area (Å²) >= 11 is 0. The molecule has 29 heavy (non-hydrogen) atoms. The van der Waals surface area contributed by atoms with Gasteiger partial charge in [-0.05, 0) is 32.1 Å². The van der Waals surface area contributed by atoms with Crippen molar-refractivity contribution in [3.8, 4) is 0 Å². The first-order valence-electron chi connectivity index (χ1n) is 12.3. The van der Waals surface area contributed by atoms with E-state index in [9.17, 15) is 9.59 Å². The molecular weight excluding hydrogens is 366 g/mol. The molecule has 1 fully saturated rings. The summed E-state index contributed by atoms with van der Waals surface area (Å²) in [4.78, 5) is 26.5. The molecule has 0 spiro atoms. The van der Waals surface area contributed by atoms with Crippen molar-refractivity contribution in [3.63, 3.8) is 0 Å². The molecule has 0 radical (unpaired) electrons. The quantitative estimate of drug-likeness (QED) is 0.211. The van der Waals surface area contributed by atoms with Crippen LogP contribution < -0.4 is 0 Å². The maximum Gasteiger partial charge on any atom is 0.410 e. The highest BCUT2D eigenvalue weighted by Gasteiger charge is 2.34. The van der Waals surface area contributed by atoms with Crippen LogP contribution in [0, 0.1) is 0 Å². The van der Waals surface area contributed by atoms with E-state index in [1.165, 1.54) is 57.8 Å². The number of nitrogens with zero attached hydrogens (tertiary/aromatic N) is 1. The van der Waals surface area contributed by atoms with Gasteiger partial charge in [-0.1, -0.05) is 84.5 Å². The summed E-state index contributed by atoms with van der Waals surface area (Å²) in [6.45, 7) is 5.92. The number of rotatable bonds is 16. The van der Waals surface area contributed by atoms with Crippen LogP contribution in [0.25, 0.3) is 0 Å². The Morgan fingerprint density at radius 2 is 1.24 bits per heavy atom. The Hall–Kier alpha value is -1.26. The smallest absolute Gasteiger partial charge is 0.410 e. The lowest BCUT2D eigenvalue weighted by atomic mass is 10.0. The molecular formula is C24H45NO4. The average Bonchev–Trinajstić information content (AvgIpc) is 2.74. The van der Waals surface area contributed by atoms with Crippen LogP contribution in [0.1, 0.15) is 117 Å². The van der Waals surface area contributed by atoms with Crippen molar-refractivity contribution in [1.29, 1.82) is 0 Å². The Bertz CT molecular complexity index is 427. The highest BCUT2D eigenvalue weighted by Crippen LogP contribution is 2.20. The van der Waals surface area contributed by atoms with Crippen molar-refractivity contribution in [2.75, 3.05) is 19.8 Å². The minimum atomic E-state index is -0.467. The number of ether oxygens (including phenoxy) is 2. The molecule has 1 atom stereocenters. The second kappa shape index (κ2) is 17.6. The molecule has 1 unspecified atom stereocenters. The molecule has 1 amide bonds. The van der Waals surface area contributed by atoms with E-state index in [0.717, 1.165) is 38.5 Å². The van der Waals surface area contributed by atoms with Crippen molar-refractivity contribution in [2.24, 2.45) is 0 Å². The summed E-state index contributed by atoms with van der Waals surface area (Å²) in [7, 11) is 0. The number of unbranched alkanes of at least 4 members (excludes halogenated alkanes) is 11. The predicted octanol–water partition coefficient (Wildman–Crippen LogP) is 6.63. The maximum absolute atomic E-state index is 12.5. The van der Waals surface area contributed by atoms with Gasteiger partial charge in [-0.3, -0.25) is 4.90 Å². The summed E-state index contributed by atoms with van der Waals surface area (Å²) in [5, 5.41) is 0. The van der Waals surface area contributed by atoms with Crippen molar-refractivity contribution in [2.45, 2.75) is 123 Å². The van der Waals surface area contributed by atoms with E-state index in [1.807, 2.05) is 0 Å². The van der Waals surface area contributed by atoms with Crippen molar-refractivity contribution in [3.05, 3.63) is 0 Å². The molecule has 170 valence electrons. The van der Waals surface area contributed by atoms with Gasteiger partial charge in [-0.2, -0.15) is 0 Å². The maximum atomic E-state index is 12.5. The van der Waals surface area contributed by atoms with Crippen molar-refractivity contribution < 1.29 is 19.1 Å². The van der Waals surface area contributed by atoms with E-state index in [2.05, 4.69) is 13.8 Å². The normalized spacial score (nSPS) is 16.6. The van der Waals surface area contributed by atoms with E-state index in [-0.39, 0.29) is 12.1 Å². The lowest BCUT2D eigenvalue weighted by molar-refractivity contribution is -0.150. The summed E-state index contributed by atoms with van der Waals surface area (Å²) in [5.74, 6) is -0.257. The zero-order valence-electron chi connectivity index (χ0n) is 19.1. The van der Waals surface area contributed by atoms with E-state index < -0.39 is 6.04 Å². The van der Waals surface area contributed by atoms with Crippen LogP contribution in [0.3, 0.4) is 0 Å². The molecule has 5 nitrogen and oxygen atoms in total. The Balaban J connectivity index is 2.21. The molecule has 0 aromatic heterocycles.